The van der Waals surface area contributed by atoms with Gasteiger partial charge in [0.1, 0.15) is 17.2 Å². The number of halogens is 1. The zero-order chi connectivity index (χ0) is 22.1. The van der Waals surface area contributed by atoms with Gasteiger partial charge in [0.05, 0.1) is 5.56 Å². The standard InChI is InChI=1S/C23H21FN4O3/c1-13(29)19-20(15-4-2-6-17(24)10-15)27-28(12-14-8-9-14)23(31)21(19)26-18-7-3-5-16(11-18)22(25)30/h2-7,10-11,14,26H,8-9,12H2,1H3,(H2,25,30). The number of Topliss-reactive ketones (excluding diaryl/α,β-unsaturated/α-hetero) is 1. The molecule has 1 amide bonds. The molecule has 0 bridgehead atoms. The second-order valence-corrected chi connectivity index (χ2v) is 7.67. The van der Waals surface area contributed by atoms with E-state index >= 15 is 0 Å². The average Bonchev–Trinajstić information content (AvgIpc) is 3.54. The van der Waals surface area contributed by atoms with Crippen LogP contribution in [-0.4, -0.2) is 21.5 Å². The fourth-order valence-corrected chi connectivity index (χ4v) is 3.43. The van der Waals surface area contributed by atoms with Crippen LogP contribution in [0.25, 0.3) is 11.3 Å². The van der Waals surface area contributed by atoms with Crippen LogP contribution in [0.4, 0.5) is 15.8 Å². The summed E-state index contributed by atoms with van der Waals surface area (Å²) in [4.78, 5) is 37.4. The Balaban J connectivity index is 1.92. The van der Waals surface area contributed by atoms with Crippen LogP contribution < -0.4 is 16.6 Å². The number of carbonyl (C=O) groups excluding carboxylic acids is 2. The highest BCUT2D eigenvalue weighted by Gasteiger charge is 2.27. The van der Waals surface area contributed by atoms with E-state index in [1.807, 2.05) is 0 Å². The fraction of sp³-hybridized carbons (Fsp3) is 0.217. The molecule has 0 atom stereocenters. The Morgan fingerprint density at radius 2 is 1.94 bits per heavy atom. The van der Waals surface area contributed by atoms with Crippen LogP contribution in [0.3, 0.4) is 0 Å². The predicted octanol–water partition coefficient (Wildman–Crippen LogP) is 3.50. The fourth-order valence-electron chi connectivity index (χ4n) is 3.43. The number of nitrogens with one attached hydrogen (secondary N) is 1. The number of carbonyl (C=O) groups is 2. The number of nitrogens with zero attached hydrogens (tertiary/aromatic N) is 2. The van der Waals surface area contributed by atoms with Crippen LogP contribution in [0.15, 0.2) is 53.3 Å². The molecule has 1 aliphatic carbocycles. The Morgan fingerprint density at radius 1 is 1.19 bits per heavy atom. The highest BCUT2D eigenvalue weighted by atomic mass is 19.1. The largest absolute Gasteiger partial charge is 0.366 e. The monoisotopic (exact) mass is 420 g/mol. The van der Waals surface area contributed by atoms with Crippen LogP contribution in [0.5, 0.6) is 0 Å². The smallest absolute Gasteiger partial charge is 0.291 e. The Labute approximate surface area is 177 Å². The first-order valence-electron chi connectivity index (χ1n) is 9.92. The van der Waals surface area contributed by atoms with Crippen molar-refractivity contribution in [2.75, 3.05) is 5.32 Å². The summed E-state index contributed by atoms with van der Waals surface area (Å²) in [5, 5.41) is 7.42. The van der Waals surface area contributed by atoms with Gasteiger partial charge in [0, 0.05) is 23.4 Å². The molecular weight excluding hydrogens is 399 g/mol. The van der Waals surface area contributed by atoms with Gasteiger partial charge in [-0.2, -0.15) is 5.10 Å². The molecule has 7 nitrogen and oxygen atoms in total. The lowest BCUT2D eigenvalue weighted by Gasteiger charge is -2.17. The number of benzene rings is 2. The number of anilines is 2. The van der Waals surface area contributed by atoms with Crippen molar-refractivity contribution >= 4 is 23.1 Å². The van der Waals surface area contributed by atoms with Crippen molar-refractivity contribution in [1.82, 2.24) is 9.78 Å². The molecule has 3 aromatic rings. The number of rotatable bonds is 7. The van der Waals surface area contributed by atoms with Crippen LogP contribution in [0, 0.1) is 11.7 Å². The molecule has 1 saturated carbocycles. The normalized spacial score (nSPS) is 13.1. The lowest BCUT2D eigenvalue weighted by molar-refractivity contribution is 0.0996. The van der Waals surface area contributed by atoms with Crippen molar-refractivity contribution in [2.45, 2.75) is 26.3 Å². The first-order valence-corrected chi connectivity index (χ1v) is 9.92. The summed E-state index contributed by atoms with van der Waals surface area (Å²) in [6.45, 7) is 1.74. The molecule has 0 unspecified atom stereocenters. The number of amides is 1. The van der Waals surface area contributed by atoms with E-state index in [2.05, 4.69) is 10.4 Å². The molecule has 1 fully saturated rings. The number of ketones is 1. The van der Waals surface area contributed by atoms with Gasteiger partial charge in [-0.25, -0.2) is 9.07 Å². The van der Waals surface area contributed by atoms with Gasteiger partial charge >= 0.3 is 0 Å². The van der Waals surface area contributed by atoms with Gasteiger partial charge in [0.2, 0.25) is 5.91 Å². The summed E-state index contributed by atoms with van der Waals surface area (Å²) in [5.74, 6) is -1.13. The molecule has 31 heavy (non-hydrogen) atoms. The van der Waals surface area contributed by atoms with Gasteiger partial charge in [-0.15, -0.1) is 0 Å². The first-order chi connectivity index (χ1) is 14.8. The summed E-state index contributed by atoms with van der Waals surface area (Å²) in [7, 11) is 0. The van der Waals surface area contributed by atoms with Gasteiger partial charge in [0.15, 0.2) is 5.78 Å². The van der Waals surface area contributed by atoms with Crippen LogP contribution in [0.2, 0.25) is 0 Å². The maximum absolute atomic E-state index is 13.9. The highest BCUT2D eigenvalue weighted by molar-refractivity contribution is 6.05. The lowest BCUT2D eigenvalue weighted by Crippen LogP contribution is -2.29. The SMILES string of the molecule is CC(=O)c1c(-c2cccc(F)c2)nn(CC2CC2)c(=O)c1Nc1cccc(C(N)=O)c1. The molecule has 3 N–H and O–H groups in total. The summed E-state index contributed by atoms with van der Waals surface area (Å²) in [5.41, 5.74) is 6.28. The van der Waals surface area contributed by atoms with Crippen LogP contribution in [-0.2, 0) is 6.54 Å². The number of hydrogen-bond acceptors (Lipinski definition) is 5. The van der Waals surface area contributed by atoms with E-state index in [-0.39, 0.29) is 22.5 Å². The van der Waals surface area contributed by atoms with Gasteiger partial charge in [-0.3, -0.25) is 14.4 Å². The predicted molar refractivity (Wildman–Crippen MR) is 115 cm³/mol. The van der Waals surface area contributed by atoms with Crippen molar-refractivity contribution in [3.8, 4) is 11.3 Å². The molecule has 1 heterocycles. The Kier molecular flexibility index (Phi) is 5.37. The summed E-state index contributed by atoms with van der Waals surface area (Å²) < 4.78 is 15.2. The lowest BCUT2D eigenvalue weighted by atomic mass is 10.0. The number of hydrogen-bond donors (Lipinski definition) is 2. The van der Waals surface area contributed by atoms with Gasteiger partial charge in [0.25, 0.3) is 5.56 Å². The molecule has 0 aliphatic heterocycles. The Morgan fingerprint density at radius 3 is 2.58 bits per heavy atom. The number of primary amides is 1. The molecule has 0 saturated heterocycles. The summed E-state index contributed by atoms with van der Waals surface area (Å²) >= 11 is 0. The molecule has 1 aromatic heterocycles. The molecule has 8 heteroatoms. The average molecular weight is 420 g/mol. The third-order valence-corrected chi connectivity index (χ3v) is 5.15. The van der Waals surface area contributed by atoms with E-state index in [0.29, 0.717) is 23.7 Å². The van der Waals surface area contributed by atoms with Crippen molar-refractivity contribution in [2.24, 2.45) is 11.7 Å². The highest BCUT2D eigenvalue weighted by Crippen LogP contribution is 2.32. The quantitative estimate of drug-likeness (QED) is 0.569. The van der Waals surface area contributed by atoms with E-state index in [9.17, 15) is 18.8 Å². The summed E-state index contributed by atoms with van der Waals surface area (Å²) in [6.07, 6.45) is 2.00. The molecule has 0 spiro atoms. The minimum Gasteiger partial charge on any atom is -0.366 e. The van der Waals surface area contributed by atoms with Crippen molar-refractivity contribution in [1.29, 1.82) is 0 Å². The van der Waals surface area contributed by atoms with Crippen molar-refractivity contribution in [3.05, 3.63) is 75.8 Å². The molecule has 4 rings (SSSR count). The molecular formula is C23H21FN4O3. The van der Waals surface area contributed by atoms with Gasteiger partial charge in [-0.05, 0) is 56.0 Å². The minimum atomic E-state index is -0.614. The molecule has 2 aromatic carbocycles. The van der Waals surface area contributed by atoms with E-state index in [1.54, 1.807) is 24.3 Å². The van der Waals surface area contributed by atoms with Gasteiger partial charge < -0.3 is 11.1 Å². The maximum atomic E-state index is 13.9. The number of nitrogens with two attached hydrogens (primary N) is 1. The zero-order valence-corrected chi connectivity index (χ0v) is 16.9. The van der Waals surface area contributed by atoms with Crippen LogP contribution >= 0.6 is 0 Å². The van der Waals surface area contributed by atoms with E-state index in [1.165, 1.54) is 35.9 Å². The summed E-state index contributed by atoms with van der Waals surface area (Å²) in [6, 6.07) is 12.1. The minimum absolute atomic E-state index is 0.0315. The zero-order valence-electron chi connectivity index (χ0n) is 16.9. The van der Waals surface area contributed by atoms with Crippen molar-refractivity contribution in [3.63, 3.8) is 0 Å². The Bertz CT molecular complexity index is 1250. The first kappa shape index (κ1) is 20.5. The molecule has 1 aliphatic rings. The second-order valence-electron chi connectivity index (χ2n) is 7.67. The van der Waals surface area contributed by atoms with Crippen molar-refractivity contribution < 1.29 is 14.0 Å². The topological polar surface area (TPSA) is 107 Å². The van der Waals surface area contributed by atoms with E-state index in [0.717, 1.165) is 12.8 Å². The Hall–Kier alpha value is -3.81. The third kappa shape index (κ3) is 4.37. The second kappa shape index (κ2) is 8.14. The van der Waals surface area contributed by atoms with E-state index in [4.69, 9.17) is 5.73 Å². The van der Waals surface area contributed by atoms with Gasteiger partial charge in [-0.1, -0.05) is 18.2 Å². The van der Waals surface area contributed by atoms with E-state index < -0.39 is 23.1 Å². The third-order valence-electron chi connectivity index (χ3n) is 5.15. The molecule has 0 radical (unpaired) electrons. The number of aromatic nitrogens is 2. The van der Waals surface area contributed by atoms with Crippen LogP contribution in [0.1, 0.15) is 40.5 Å². The molecule has 158 valence electrons. The maximum Gasteiger partial charge on any atom is 0.291 e.